The van der Waals surface area contributed by atoms with Gasteiger partial charge in [0.15, 0.2) is 0 Å². The van der Waals surface area contributed by atoms with E-state index in [4.69, 9.17) is 0 Å². The molecule has 36 valence electrons. The molecule has 3 heteroatoms. The Labute approximate surface area is 66.3 Å². The van der Waals surface area contributed by atoms with Crippen molar-refractivity contribution in [2.24, 2.45) is 0 Å². The van der Waals surface area contributed by atoms with Gasteiger partial charge in [-0.3, -0.25) is 0 Å². The van der Waals surface area contributed by atoms with E-state index in [9.17, 15) is 4.79 Å². The fraction of sp³-hybridized carbons (Fsp3) is 0.250. The molecule has 0 rings (SSSR count). The topological polar surface area (TPSA) is 26.3 Å². The molecule has 0 aliphatic rings. The van der Waals surface area contributed by atoms with Gasteiger partial charge in [-0.15, -0.1) is 0 Å². The maximum absolute atomic E-state index is 9.84. The number of ether oxygens (including phenoxy) is 1. The van der Waals surface area contributed by atoms with Gasteiger partial charge in [0.25, 0.3) is 0 Å². The first-order valence-corrected chi connectivity index (χ1v) is 1.51. The van der Waals surface area contributed by atoms with E-state index in [0.717, 1.165) is 6.08 Å². The minimum atomic E-state index is -0.394. The van der Waals surface area contributed by atoms with E-state index in [1.165, 1.54) is 7.11 Å². The van der Waals surface area contributed by atoms with Gasteiger partial charge in [0, 0.05) is 6.08 Å². The largest absolute Gasteiger partial charge is 1.00 e. The number of hydrogen-bond donors (Lipinski definition) is 0. The van der Waals surface area contributed by atoms with Gasteiger partial charge in [-0.25, -0.2) is 4.79 Å². The summed E-state index contributed by atoms with van der Waals surface area (Å²) in [5.74, 6) is -0.394. The maximum Gasteiger partial charge on any atom is 1.00 e. The molecule has 0 aromatic carbocycles. The van der Waals surface area contributed by atoms with Crippen LogP contribution in [0.1, 0.15) is 1.43 Å². The molecule has 0 aliphatic heterocycles. The van der Waals surface area contributed by atoms with Crippen LogP contribution < -0.4 is 29.6 Å². The second-order valence-electron chi connectivity index (χ2n) is 0.727. The number of carbonyl (C=O) groups is 1. The fourth-order valence-electron chi connectivity index (χ4n) is 0.0833. The number of hydrogen-bond acceptors (Lipinski definition) is 2. The molecule has 0 atom stereocenters. The molecule has 7 heavy (non-hydrogen) atoms. The summed E-state index contributed by atoms with van der Waals surface area (Å²) in [7, 11) is 1.31. The summed E-state index contributed by atoms with van der Waals surface area (Å²) in [5.41, 5.74) is 0. The second kappa shape index (κ2) is 6.21. The van der Waals surface area contributed by atoms with Crippen molar-refractivity contribution in [3.8, 4) is 0 Å². The van der Waals surface area contributed by atoms with Crippen molar-refractivity contribution in [3.05, 3.63) is 12.7 Å². The zero-order valence-electron chi connectivity index (χ0n) is 5.60. The quantitative estimate of drug-likeness (QED) is 0.211. The Hall–Kier alpha value is 0.210. The third-order valence-electron chi connectivity index (χ3n) is 0.368. The van der Waals surface area contributed by atoms with Crippen LogP contribution in [0.3, 0.4) is 0 Å². The van der Waals surface area contributed by atoms with Crippen LogP contribution in [-0.4, -0.2) is 13.1 Å². The molecule has 0 saturated heterocycles. The molecule has 0 fully saturated rings. The Balaban J connectivity index is -0.000000125. The molecule has 0 N–H and O–H groups in total. The van der Waals surface area contributed by atoms with Crippen LogP contribution >= 0.6 is 0 Å². The predicted octanol–water partition coefficient (Wildman–Crippen LogP) is -2.54. The molecule has 0 radical (unpaired) electrons. The summed E-state index contributed by atoms with van der Waals surface area (Å²) in [6.07, 6.45) is 1.11. The van der Waals surface area contributed by atoms with E-state index in [1.54, 1.807) is 0 Å². The third-order valence-corrected chi connectivity index (χ3v) is 0.368. The number of esters is 1. The monoisotopic (exact) mass is 110 g/mol. The first-order chi connectivity index (χ1) is 2.81. The zero-order chi connectivity index (χ0) is 4.99. The normalized spacial score (nSPS) is 5.86. The third kappa shape index (κ3) is 6.21. The minimum absolute atomic E-state index is 0. The van der Waals surface area contributed by atoms with Crippen molar-refractivity contribution in [3.63, 3.8) is 0 Å². The number of rotatable bonds is 1. The van der Waals surface area contributed by atoms with Gasteiger partial charge in [0.05, 0.1) is 7.11 Å². The average Bonchev–Trinajstić information content (AvgIpc) is 1.65. The van der Waals surface area contributed by atoms with Gasteiger partial charge < -0.3 is 6.16 Å². The van der Waals surface area contributed by atoms with Crippen LogP contribution in [0.2, 0.25) is 0 Å². The predicted molar refractivity (Wildman–Crippen MR) is 23.3 cm³/mol. The summed E-state index contributed by atoms with van der Waals surface area (Å²) in [4.78, 5) is 9.84. The van der Waals surface area contributed by atoms with E-state index < -0.39 is 5.97 Å². The molecule has 0 aromatic heterocycles. The Morgan fingerprint density at radius 3 is 2.43 bits per heavy atom. The second-order valence-corrected chi connectivity index (χ2v) is 0.727. The van der Waals surface area contributed by atoms with Crippen LogP contribution in [0.5, 0.6) is 0 Å². The van der Waals surface area contributed by atoms with Gasteiger partial charge >= 0.3 is 35.5 Å². The summed E-state index contributed by atoms with van der Waals surface area (Å²) < 4.78 is 4.14. The van der Waals surface area contributed by atoms with E-state index >= 15 is 0 Å². The van der Waals surface area contributed by atoms with E-state index in [2.05, 4.69) is 11.3 Å². The molecular formula is C4H7NaO2. The van der Waals surface area contributed by atoms with Gasteiger partial charge in [-0.2, -0.15) is 0 Å². The first-order valence-electron chi connectivity index (χ1n) is 1.51. The van der Waals surface area contributed by atoms with Crippen molar-refractivity contribution in [1.29, 1.82) is 0 Å². The first kappa shape index (κ1) is 10.2. The Kier molecular flexibility index (Phi) is 9.09. The van der Waals surface area contributed by atoms with Crippen LogP contribution in [0.4, 0.5) is 0 Å². The van der Waals surface area contributed by atoms with Crippen LogP contribution in [0.15, 0.2) is 12.7 Å². The molecule has 0 aliphatic carbocycles. The molecule has 0 amide bonds. The van der Waals surface area contributed by atoms with Crippen molar-refractivity contribution >= 4 is 5.97 Å². The minimum Gasteiger partial charge on any atom is -1.00 e. The van der Waals surface area contributed by atoms with Crippen molar-refractivity contribution < 1.29 is 40.5 Å². The molecule has 0 unspecified atom stereocenters. The van der Waals surface area contributed by atoms with Crippen molar-refractivity contribution in [2.75, 3.05) is 7.11 Å². The Morgan fingerprint density at radius 2 is 2.43 bits per heavy atom. The summed E-state index contributed by atoms with van der Waals surface area (Å²) in [6.45, 7) is 3.16. The van der Waals surface area contributed by atoms with Gasteiger partial charge in [0.1, 0.15) is 0 Å². The zero-order valence-corrected chi connectivity index (χ0v) is 6.60. The summed E-state index contributed by atoms with van der Waals surface area (Å²) in [6, 6.07) is 0. The molecule has 0 heterocycles. The van der Waals surface area contributed by atoms with Gasteiger partial charge in [0.2, 0.25) is 0 Å². The van der Waals surface area contributed by atoms with Crippen molar-refractivity contribution in [2.45, 2.75) is 0 Å². The maximum atomic E-state index is 9.84. The van der Waals surface area contributed by atoms with Crippen LogP contribution in [-0.2, 0) is 9.53 Å². The molecule has 0 aromatic rings. The SMILES string of the molecule is C=CC(=O)OC.[H-].[Na+]. The van der Waals surface area contributed by atoms with E-state index in [0.29, 0.717) is 0 Å². The summed E-state index contributed by atoms with van der Waals surface area (Å²) in [5, 5.41) is 0. The van der Waals surface area contributed by atoms with Gasteiger partial charge in [-0.05, 0) is 0 Å². The molecule has 0 spiro atoms. The van der Waals surface area contributed by atoms with Crippen molar-refractivity contribution in [1.82, 2.24) is 0 Å². The standard InChI is InChI=1S/C4H6O2.Na.H/c1-3-4(5)6-2;;/h3H,1H2,2H3;;/q;+1;-1. The van der Waals surface area contributed by atoms with E-state index in [-0.39, 0.29) is 31.0 Å². The van der Waals surface area contributed by atoms with Crippen LogP contribution in [0.25, 0.3) is 0 Å². The van der Waals surface area contributed by atoms with Gasteiger partial charge in [-0.1, -0.05) is 6.58 Å². The molecular weight excluding hydrogens is 103 g/mol. The smallest absolute Gasteiger partial charge is 1.00 e. The molecule has 0 bridgehead atoms. The molecule has 2 nitrogen and oxygen atoms in total. The average molecular weight is 110 g/mol. The number of methoxy groups -OCH3 is 1. The summed E-state index contributed by atoms with van der Waals surface area (Å²) >= 11 is 0. The van der Waals surface area contributed by atoms with E-state index in [1.807, 2.05) is 0 Å². The number of carbonyl (C=O) groups excluding carboxylic acids is 1. The molecule has 0 saturated carbocycles. The Morgan fingerprint density at radius 1 is 2.00 bits per heavy atom. The Bertz CT molecular complexity index is 74.4. The fourth-order valence-corrected chi connectivity index (χ4v) is 0.0833. The van der Waals surface area contributed by atoms with Crippen LogP contribution in [0, 0.1) is 0 Å².